The van der Waals surface area contributed by atoms with Crippen molar-refractivity contribution in [1.82, 2.24) is 14.7 Å². The van der Waals surface area contributed by atoms with Crippen LogP contribution in [0.15, 0.2) is 42.6 Å². The lowest BCUT2D eigenvalue weighted by Crippen LogP contribution is -2.47. The van der Waals surface area contributed by atoms with Crippen LogP contribution in [0.3, 0.4) is 0 Å². The highest BCUT2D eigenvalue weighted by atomic mass is 19.1. The maximum Gasteiger partial charge on any atom is 0.270 e. The van der Waals surface area contributed by atoms with Gasteiger partial charge < -0.3 is 4.90 Å². The van der Waals surface area contributed by atoms with Crippen molar-refractivity contribution >= 4 is 28.1 Å². The average Bonchev–Trinajstić information content (AvgIpc) is 3.10. The van der Waals surface area contributed by atoms with Crippen LogP contribution in [0.5, 0.6) is 0 Å². The molecule has 0 radical (unpaired) electrons. The zero-order valence-electron chi connectivity index (χ0n) is 15.9. The number of nitro benzene ring substituents is 1. The number of non-ortho nitro benzene ring substituents is 1. The van der Waals surface area contributed by atoms with Gasteiger partial charge in [0.2, 0.25) is 0 Å². The van der Waals surface area contributed by atoms with E-state index in [1.807, 2.05) is 9.58 Å². The average molecular weight is 397 g/mol. The third-order valence-corrected chi connectivity index (χ3v) is 5.24. The molecule has 0 amide bonds. The maximum atomic E-state index is 14.4. The second-order valence-electron chi connectivity index (χ2n) is 7.11. The molecule has 29 heavy (non-hydrogen) atoms. The van der Waals surface area contributed by atoms with Crippen LogP contribution >= 0.6 is 0 Å². The Balaban J connectivity index is 1.42. The van der Waals surface area contributed by atoms with E-state index < -0.39 is 4.92 Å². The molecule has 0 unspecified atom stereocenters. The molecule has 2 heterocycles. The van der Waals surface area contributed by atoms with E-state index in [2.05, 4.69) is 10.00 Å². The molecule has 0 N–H and O–H groups in total. The topological polar surface area (TPSA) is 84.5 Å². The molecule has 1 saturated heterocycles. The molecule has 0 spiro atoms. The molecule has 0 saturated carbocycles. The Morgan fingerprint density at radius 2 is 1.93 bits per heavy atom. The van der Waals surface area contributed by atoms with Crippen LogP contribution in [-0.4, -0.2) is 51.6 Å². The van der Waals surface area contributed by atoms with Crippen molar-refractivity contribution in [3.05, 3.63) is 64.1 Å². The molecule has 150 valence electrons. The number of carbonyl (C=O) groups excluding carboxylic acids is 1. The van der Waals surface area contributed by atoms with Crippen LogP contribution in [0.4, 0.5) is 15.8 Å². The largest absolute Gasteiger partial charge is 0.367 e. The Bertz CT molecular complexity index is 1090. The molecule has 0 bridgehead atoms. The zero-order chi connectivity index (χ0) is 20.5. The minimum Gasteiger partial charge on any atom is -0.367 e. The quantitative estimate of drug-likeness (QED) is 0.374. The number of rotatable bonds is 5. The smallest absolute Gasteiger partial charge is 0.270 e. The number of hydrogen-bond donors (Lipinski definition) is 0. The minimum atomic E-state index is -0.419. The molecular weight excluding hydrogens is 377 g/mol. The van der Waals surface area contributed by atoms with Crippen molar-refractivity contribution in [2.45, 2.75) is 13.6 Å². The predicted octanol–water partition coefficient (Wildman–Crippen LogP) is 3.07. The molecule has 1 aliphatic rings. The van der Waals surface area contributed by atoms with Crippen LogP contribution in [-0.2, 0) is 6.67 Å². The molecule has 2 aromatic carbocycles. The van der Waals surface area contributed by atoms with E-state index in [0.717, 1.165) is 24.0 Å². The first-order chi connectivity index (χ1) is 13.9. The van der Waals surface area contributed by atoms with Crippen LogP contribution < -0.4 is 4.90 Å². The monoisotopic (exact) mass is 397 g/mol. The number of anilines is 1. The van der Waals surface area contributed by atoms with Gasteiger partial charge in [0, 0.05) is 49.3 Å². The molecule has 0 aliphatic carbocycles. The molecule has 9 heteroatoms. The molecule has 1 aliphatic heterocycles. The second-order valence-corrected chi connectivity index (χ2v) is 7.11. The number of nitrogens with zero attached hydrogens (tertiary/aromatic N) is 5. The first-order valence-electron chi connectivity index (χ1n) is 9.30. The van der Waals surface area contributed by atoms with Gasteiger partial charge in [-0.15, -0.1) is 0 Å². The van der Waals surface area contributed by atoms with Gasteiger partial charge in [0.05, 0.1) is 29.0 Å². The normalized spacial score (nSPS) is 15.0. The summed E-state index contributed by atoms with van der Waals surface area (Å²) in [5, 5.41) is 16.0. The molecular formula is C20H20FN5O3. The minimum absolute atomic E-state index is 0.0449. The summed E-state index contributed by atoms with van der Waals surface area (Å²) >= 11 is 0. The number of Topliss-reactive ketones (excluding diaryl/α,β-unsaturated/α-hetero) is 1. The molecule has 8 nitrogen and oxygen atoms in total. The molecule has 0 atom stereocenters. The van der Waals surface area contributed by atoms with Crippen LogP contribution in [0.1, 0.15) is 17.3 Å². The lowest BCUT2D eigenvalue weighted by Gasteiger charge is -2.36. The van der Waals surface area contributed by atoms with E-state index in [0.29, 0.717) is 31.0 Å². The van der Waals surface area contributed by atoms with Crippen molar-refractivity contribution in [2.75, 3.05) is 31.1 Å². The number of fused-ring (bicyclic) bond motifs is 1. The van der Waals surface area contributed by atoms with Crippen molar-refractivity contribution < 1.29 is 14.1 Å². The van der Waals surface area contributed by atoms with Gasteiger partial charge in [-0.25, -0.2) is 4.39 Å². The Kier molecular flexibility index (Phi) is 4.98. The van der Waals surface area contributed by atoms with Gasteiger partial charge in [-0.2, -0.15) is 5.10 Å². The summed E-state index contributed by atoms with van der Waals surface area (Å²) in [5.74, 6) is -0.539. The lowest BCUT2D eigenvalue weighted by atomic mass is 10.1. The van der Waals surface area contributed by atoms with Gasteiger partial charge >= 0.3 is 0 Å². The van der Waals surface area contributed by atoms with E-state index in [1.54, 1.807) is 24.4 Å². The lowest BCUT2D eigenvalue weighted by molar-refractivity contribution is -0.384. The van der Waals surface area contributed by atoms with Gasteiger partial charge in [0.25, 0.3) is 5.69 Å². The highest BCUT2D eigenvalue weighted by Gasteiger charge is 2.21. The van der Waals surface area contributed by atoms with Crippen LogP contribution in [0.2, 0.25) is 0 Å². The van der Waals surface area contributed by atoms with Crippen LogP contribution in [0, 0.1) is 15.9 Å². The molecule has 1 aromatic heterocycles. The van der Waals surface area contributed by atoms with Gasteiger partial charge in [-0.3, -0.25) is 24.5 Å². The number of carbonyl (C=O) groups is 1. The van der Waals surface area contributed by atoms with E-state index in [1.165, 1.54) is 25.1 Å². The van der Waals surface area contributed by atoms with Crippen LogP contribution in [0.25, 0.3) is 10.9 Å². The van der Waals surface area contributed by atoms with E-state index in [4.69, 9.17) is 0 Å². The van der Waals surface area contributed by atoms with Gasteiger partial charge in [-0.05, 0) is 31.2 Å². The fourth-order valence-electron chi connectivity index (χ4n) is 3.60. The highest BCUT2D eigenvalue weighted by molar-refractivity contribution is 5.94. The number of aromatic nitrogens is 2. The fraction of sp³-hybridized carbons (Fsp3) is 0.300. The Labute approximate surface area is 166 Å². The Morgan fingerprint density at radius 1 is 1.17 bits per heavy atom. The Hall–Kier alpha value is -3.33. The van der Waals surface area contributed by atoms with Crippen molar-refractivity contribution in [2.24, 2.45) is 0 Å². The summed E-state index contributed by atoms with van der Waals surface area (Å²) in [6.45, 7) is 4.73. The zero-order valence-corrected chi connectivity index (χ0v) is 15.9. The first kappa shape index (κ1) is 19.0. The third-order valence-electron chi connectivity index (χ3n) is 5.24. The number of ketones is 1. The number of piperazine rings is 1. The summed E-state index contributed by atoms with van der Waals surface area (Å²) in [5.41, 5.74) is 1.76. The summed E-state index contributed by atoms with van der Waals surface area (Å²) in [6.07, 6.45) is 1.63. The summed E-state index contributed by atoms with van der Waals surface area (Å²) in [4.78, 5) is 26.1. The van der Waals surface area contributed by atoms with E-state index in [9.17, 15) is 19.3 Å². The fourth-order valence-corrected chi connectivity index (χ4v) is 3.60. The first-order valence-corrected chi connectivity index (χ1v) is 9.30. The van der Waals surface area contributed by atoms with E-state index in [-0.39, 0.29) is 17.3 Å². The SMILES string of the molecule is CC(=O)c1ccc(N2CCN(Cn3ncc4cc([N+](=O)[O-])ccc43)CC2)c(F)c1. The van der Waals surface area contributed by atoms with Gasteiger partial charge in [0.1, 0.15) is 5.82 Å². The number of benzene rings is 2. The van der Waals surface area contributed by atoms with Crippen molar-refractivity contribution in [3.63, 3.8) is 0 Å². The third kappa shape index (κ3) is 3.81. The molecule has 1 fully saturated rings. The Morgan fingerprint density at radius 3 is 2.59 bits per heavy atom. The van der Waals surface area contributed by atoms with Gasteiger partial charge in [-0.1, -0.05) is 0 Å². The van der Waals surface area contributed by atoms with Crippen molar-refractivity contribution in [3.8, 4) is 0 Å². The highest BCUT2D eigenvalue weighted by Crippen LogP contribution is 2.24. The molecule has 3 aromatic rings. The maximum absolute atomic E-state index is 14.4. The second kappa shape index (κ2) is 7.59. The summed E-state index contributed by atoms with van der Waals surface area (Å²) < 4.78 is 16.2. The van der Waals surface area contributed by atoms with Crippen molar-refractivity contribution in [1.29, 1.82) is 0 Å². The van der Waals surface area contributed by atoms with E-state index >= 15 is 0 Å². The standard InChI is InChI=1S/C20H20FN5O3/c1-14(27)15-2-4-20(18(21)11-15)24-8-6-23(7-9-24)13-25-19-5-3-17(26(28)29)10-16(19)12-22-25/h2-5,10-12H,6-9,13H2,1H3. The number of hydrogen-bond acceptors (Lipinski definition) is 6. The van der Waals surface area contributed by atoms with Gasteiger partial charge in [0.15, 0.2) is 5.78 Å². The summed E-state index contributed by atoms with van der Waals surface area (Å²) in [7, 11) is 0. The number of halogens is 1. The molecule has 4 rings (SSSR count). The summed E-state index contributed by atoms with van der Waals surface area (Å²) in [6, 6.07) is 9.32. The number of nitro groups is 1. The predicted molar refractivity (Wildman–Crippen MR) is 107 cm³/mol.